The van der Waals surface area contributed by atoms with Crippen LogP contribution in [-0.2, 0) is 6.42 Å². The van der Waals surface area contributed by atoms with Gasteiger partial charge in [-0.05, 0) is 60.0 Å². The Morgan fingerprint density at radius 3 is 2.70 bits per heavy atom. The van der Waals surface area contributed by atoms with Crippen LogP contribution in [0.15, 0.2) is 41.4 Å². The molecule has 1 aliphatic heterocycles. The number of hydrogen-bond donors (Lipinski definition) is 0. The number of aliphatic imine (C=N–C) groups is 1. The lowest BCUT2D eigenvalue weighted by molar-refractivity contribution is 0.222. The predicted molar refractivity (Wildman–Crippen MR) is 131 cm³/mol. The van der Waals surface area contributed by atoms with Crippen molar-refractivity contribution in [2.24, 2.45) is 10.4 Å². The van der Waals surface area contributed by atoms with Crippen molar-refractivity contribution in [2.45, 2.75) is 41.0 Å². The van der Waals surface area contributed by atoms with E-state index in [0.29, 0.717) is 0 Å². The van der Waals surface area contributed by atoms with Gasteiger partial charge in [0.05, 0.1) is 5.70 Å². The molecule has 0 saturated heterocycles. The summed E-state index contributed by atoms with van der Waals surface area (Å²) in [6, 6.07) is 6.57. The molecule has 0 spiro atoms. The van der Waals surface area contributed by atoms with E-state index in [9.17, 15) is 0 Å². The van der Waals surface area contributed by atoms with Crippen LogP contribution in [0.4, 0.5) is 0 Å². The van der Waals surface area contributed by atoms with Crippen molar-refractivity contribution in [3.63, 3.8) is 0 Å². The number of amidine groups is 1. The zero-order chi connectivity index (χ0) is 21.7. The van der Waals surface area contributed by atoms with Crippen LogP contribution in [0.3, 0.4) is 0 Å². The van der Waals surface area contributed by atoms with Crippen molar-refractivity contribution in [1.82, 2.24) is 9.80 Å². The Morgan fingerprint density at radius 2 is 2.03 bits per heavy atom. The minimum Gasteiger partial charge on any atom is -0.492 e. The van der Waals surface area contributed by atoms with E-state index in [0.717, 1.165) is 62.4 Å². The van der Waals surface area contributed by atoms with Gasteiger partial charge in [-0.1, -0.05) is 52.5 Å². The van der Waals surface area contributed by atoms with Gasteiger partial charge in [-0.3, -0.25) is 0 Å². The molecule has 0 saturated carbocycles. The highest BCUT2D eigenvalue weighted by molar-refractivity contribution is 8.13. The van der Waals surface area contributed by atoms with Crippen molar-refractivity contribution in [1.29, 1.82) is 0 Å². The summed E-state index contributed by atoms with van der Waals surface area (Å²) >= 11 is 1.82. The lowest BCUT2D eigenvalue weighted by atomic mass is 9.71. The molecular formula is C25H37N3OS. The van der Waals surface area contributed by atoms with E-state index in [1.165, 1.54) is 22.4 Å². The first kappa shape index (κ1) is 23.0. The first-order valence-corrected chi connectivity index (χ1v) is 12.2. The molecule has 0 unspecified atom stereocenters. The highest BCUT2D eigenvalue weighted by Gasteiger charge is 2.37. The number of hydrogen-bond acceptors (Lipinski definition) is 5. The number of ether oxygens (including phenoxy) is 1. The van der Waals surface area contributed by atoms with Crippen LogP contribution in [-0.4, -0.2) is 60.1 Å². The molecule has 0 radical (unpaired) electrons. The van der Waals surface area contributed by atoms with Crippen molar-refractivity contribution in [2.75, 3.05) is 45.1 Å². The maximum atomic E-state index is 6.10. The van der Waals surface area contributed by atoms with Gasteiger partial charge in [-0.25, -0.2) is 4.99 Å². The van der Waals surface area contributed by atoms with E-state index >= 15 is 0 Å². The fraction of sp³-hybridized carbons (Fsp3) is 0.560. The summed E-state index contributed by atoms with van der Waals surface area (Å²) < 4.78 is 6.10. The Labute approximate surface area is 187 Å². The van der Waals surface area contributed by atoms with Gasteiger partial charge >= 0.3 is 0 Å². The second-order valence-electron chi connectivity index (χ2n) is 8.58. The van der Waals surface area contributed by atoms with Gasteiger partial charge in [0.15, 0.2) is 5.17 Å². The Balaban J connectivity index is 1.87. The molecule has 5 heteroatoms. The molecule has 1 aliphatic carbocycles. The molecule has 2 aliphatic rings. The number of fused-ring (bicyclic) bond motifs is 2. The van der Waals surface area contributed by atoms with Gasteiger partial charge in [0.25, 0.3) is 0 Å². The van der Waals surface area contributed by atoms with Crippen LogP contribution >= 0.6 is 11.8 Å². The largest absolute Gasteiger partial charge is 0.492 e. The summed E-state index contributed by atoms with van der Waals surface area (Å²) in [6.07, 6.45) is 2.99. The summed E-state index contributed by atoms with van der Waals surface area (Å²) in [4.78, 5) is 9.90. The monoisotopic (exact) mass is 427 g/mol. The topological polar surface area (TPSA) is 28.1 Å². The molecule has 30 heavy (non-hydrogen) atoms. The maximum absolute atomic E-state index is 6.10. The first-order valence-electron chi connectivity index (χ1n) is 11.2. The van der Waals surface area contributed by atoms with E-state index in [1.807, 2.05) is 17.8 Å². The van der Waals surface area contributed by atoms with E-state index in [4.69, 9.17) is 9.73 Å². The van der Waals surface area contributed by atoms with Crippen molar-refractivity contribution >= 4 is 22.6 Å². The van der Waals surface area contributed by atoms with Crippen LogP contribution in [0.1, 0.15) is 45.7 Å². The zero-order valence-corrected chi connectivity index (χ0v) is 20.1. The van der Waals surface area contributed by atoms with Crippen molar-refractivity contribution in [3.8, 4) is 5.75 Å². The van der Waals surface area contributed by atoms with E-state index in [1.54, 1.807) is 0 Å². The van der Waals surface area contributed by atoms with E-state index in [2.05, 4.69) is 69.2 Å². The Bertz CT molecular complexity index is 824. The molecule has 3 rings (SSSR count). The average Bonchev–Trinajstić information content (AvgIpc) is 2.72. The molecule has 0 fully saturated rings. The number of rotatable bonds is 9. The minimum absolute atomic E-state index is 0.0769. The second-order valence-corrected chi connectivity index (χ2v) is 9.81. The molecule has 0 amide bonds. The minimum atomic E-state index is 0.0769. The maximum Gasteiger partial charge on any atom is 0.164 e. The van der Waals surface area contributed by atoms with Gasteiger partial charge in [0, 0.05) is 25.2 Å². The van der Waals surface area contributed by atoms with Crippen LogP contribution in [0.5, 0.6) is 5.75 Å². The highest BCUT2D eigenvalue weighted by Crippen LogP contribution is 2.46. The summed E-state index contributed by atoms with van der Waals surface area (Å²) in [5.41, 5.74) is 5.31. The summed E-state index contributed by atoms with van der Waals surface area (Å²) in [5, 5.41) is 1.11. The quantitative estimate of drug-likeness (QED) is 0.499. The standard InChI is InChI=1S/C25H37N3OS/c1-7-13-28-18-22-23(26-24(28)30-10-4)21-12-11-20(16-19(21)17-25(22,5)6)29-15-14-27(8-2)9-3/h7,11-12,16H,1,8-10,13-15,17-18H2,2-6H3. The molecule has 0 atom stereocenters. The molecule has 1 heterocycles. The summed E-state index contributed by atoms with van der Waals surface area (Å²) in [5.74, 6) is 1.99. The summed E-state index contributed by atoms with van der Waals surface area (Å²) in [7, 11) is 0. The molecule has 1 aromatic carbocycles. The molecule has 0 aromatic heterocycles. The Morgan fingerprint density at radius 1 is 1.27 bits per heavy atom. The van der Waals surface area contributed by atoms with E-state index < -0.39 is 0 Å². The SMILES string of the molecule is C=CCN1CC2=C(N=C1SCC)c1ccc(OCCN(CC)CC)cc1CC2(C)C. The molecule has 0 bridgehead atoms. The molecular weight excluding hydrogens is 390 g/mol. The van der Waals surface area contributed by atoms with Crippen molar-refractivity contribution in [3.05, 3.63) is 47.6 Å². The van der Waals surface area contributed by atoms with Gasteiger partial charge in [-0.15, -0.1) is 6.58 Å². The number of nitrogens with zero attached hydrogens (tertiary/aromatic N) is 3. The Kier molecular flexibility index (Phi) is 7.70. The van der Waals surface area contributed by atoms with Crippen LogP contribution in [0.25, 0.3) is 5.70 Å². The van der Waals surface area contributed by atoms with Crippen LogP contribution in [0.2, 0.25) is 0 Å². The second kappa shape index (κ2) is 10.1. The van der Waals surface area contributed by atoms with Gasteiger partial charge in [0.2, 0.25) is 0 Å². The van der Waals surface area contributed by atoms with Crippen LogP contribution < -0.4 is 4.74 Å². The summed E-state index contributed by atoms with van der Waals surface area (Å²) in [6.45, 7) is 20.8. The first-order chi connectivity index (χ1) is 14.4. The third-order valence-electron chi connectivity index (χ3n) is 6.09. The molecule has 4 nitrogen and oxygen atoms in total. The van der Waals surface area contributed by atoms with Gasteiger partial charge in [-0.2, -0.15) is 0 Å². The number of thioether (sulfide) groups is 1. The van der Waals surface area contributed by atoms with Crippen molar-refractivity contribution < 1.29 is 4.74 Å². The molecule has 1 aromatic rings. The smallest absolute Gasteiger partial charge is 0.164 e. The lowest BCUT2D eigenvalue weighted by Crippen LogP contribution is -2.40. The van der Waals surface area contributed by atoms with Crippen LogP contribution in [0, 0.1) is 5.41 Å². The zero-order valence-electron chi connectivity index (χ0n) is 19.3. The van der Waals surface area contributed by atoms with E-state index in [-0.39, 0.29) is 5.41 Å². The fourth-order valence-corrected chi connectivity index (χ4v) is 5.06. The molecule has 0 N–H and O–H groups in total. The normalized spacial score (nSPS) is 17.5. The third kappa shape index (κ3) is 4.94. The third-order valence-corrected chi connectivity index (χ3v) is 6.98. The predicted octanol–water partition coefficient (Wildman–Crippen LogP) is 5.31. The van der Waals surface area contributed by atoms with Gasteiger partial charge in [0.1, 0.15) is 12.4 Å². The van der Waals surface area contributed by atoms with Gasteiger partial charge < -0.3 is 14.5 Å². The fourth-order valence-electron chi connectivity index (χ4n) is 4.33. The highest BCUT2D eigenvalue weighted by atomic mass is 32.2. The Hall–Kier alpha value is -1.72. The average molecular weight is 428 g/mol. The lowest BCUT2D eigenvalue weighted by Gasteiger charge is -2.41. The number of likely N-dealkylation sites (N-methyl/N-ethyl adjacent to an activating group) is 1. The number of benzene rings is 1. The molecule has 164 valence electrons.